The molecule has 0 saturated heterocycles. The van der Waals surface area contributed by atoms with Gasteiger partial charge in [-0.05, 0) is 37.8 Å². The molecule has 78 valence electrons. The lowest BCUT2D eigenvalue weighted by Gasteiger charge is -2.21. The van der Waals surface area contributed by atoms with Crippen molar-refractivity contribution >= 4 is 11.3 Å². The molecule has 0 bridgehead atoms. The first-order valence-corrected chi connectivity index (χ1v) is 5.46. The van der Waals surface area contributed by atoms with Crippen molar-refractivity contribution in [2.45, 2.75) is 26.7 Å². The minimum absolute atomic E-state index is 1.15. The Bertz CT molecular complexity index is 438. The van der Waals surface area contributed by atoms with E-state index < -0.39 is 0 Å². The van der Waals surface area contributed by atoms with Gasteiger partial charge in [0.25, 0.3) is 0 Å². The summed E-state index contributed by atoms with van der Waals surface area (Å²) in [5.41, 5.74) is 6.82. The van der Waals surface area contributed by atoms with Gasteiger partial charge in [0.05, 0.1) is 0 Å². The molecular weight excluding hydrogens is 182 g/mol. The van der Waals surface area contributed by atoms with E-state index in [0.717, 1.165) is 5.71 Å². The minimum Gasteiger partial charge on any atom is -0.293 e. The second kappa shape index (κ2) is 4.01. The van der Waals surface area contributed by atoms with Crippen LogP contribution in [0.1, 0.15) is 31.4 Å². The monoisotopic (exact) mass is 199 g/mol. The average molecular weight is 199 g/mol. The molecule has 0 saturated carbocycles. The van der Waals surface area contributed by atoms with Crippen LogP contribution in [0, 0.1) is 0 Å². The van der Waals surface area contributed by atoms with Gasteiger partial charge in [0.15, 0.2) is 0 Å². The number of hydrogen-bond acceptors (Lipinski definition) is 1. The van der Waals surface area contributed by atoms with Gasteiger partial charge in [-0.25, -0.2) is 0 Å². The minimum atomic E-state index is 1.15. The summed E-state index contributed by atoms with van der Waals surface area (Å²) < 4.78 is 0. The fraction of sp³-hybridized carbons (Fsp3) is 0.357. The van der Waals surface area contributed by atoms with E-state index in [1.54, 1.807) is 0 Å². The smallest absolute Gasteiger partial charge is 0.0391 e. The molecule has 0 heterocycles. The molecular formula is C14H17N. The topological polar surface area (TPSA) is 12.4 Å². The van der Waals surface area contributed by atoms with Gasteiger partial charge in [-0.2, -0.15) is 0 Å². The first kappa shape index (κ1) is 10.2. The van der Waals surface area contributed by atoms with Gasteiger partial charge >= 0.3 is 0 Å². The van der Waals surface area contributed by atoms with Crippen LogP contribution in [0.15, 0.2) is 34.8 Å². The third kappa shape index (κ3) is 1.74. The summed E-state index contributed by atoms with van der Waals surface area (Å²) in [5.74, 6) is 0. The summed E-state index contributed by atoms with van der Waals surface area (Å²) in [6, 6.07) is 8.67. The predicted octanol–water partition coefficient (Wildman–Crippen LogP) is 3.50. The highest BCUT2D eigenvalue weighted by Crippen LogP contribution is 2.31. The third-order valence-corrected chi connectivity index (χ3v) is 3.18. The van der Waals surface area contributed by atoms with Crippen molar-refractivity contribution in [2.24, 2.45) is 4.99 Å². The van der Waals surface area contributed by atoms with Crippen LogP contribution in [0.2, 0.25) is 0 Å². The molecule has 1 heteroatoms. The van der Waals surface area contributed by atoms with E-state index in [-0.39, 0.29) is 0 Å². The van der Waals surface area contributed by atoms with E-state index in [9.17, 15) is 0 Å². The van der Waals surface area contributed by atoms with Gasteiger partial charge < -0.3 is 0 Å². The van der Waals surface area contributed by atoms with Gasteiger partial charge in [-0.3, -0.25) is 4.99 Å². The van der Waals surface area contributed by atoms with Crippen LogP contribution in [0.4, 0.5) is 0 Å². The highest BCUT2D eigenvalue weighted by Gasteiger charge is 2.17. The maximum atomic E-state index is 4.32. The van der Waals surface area contributed by atoms with Crippen LogP contribution >= 0.6 is 0 Å². The van der Waals surface area contributed by atoms with E-state index in [1.165, 1.54) is 35.1 Å². The van der Waals surface area contributed by atoms with E-state index in [2.05, 4.69) is 43.1 Å². The molecule has 15 heavy (non-hydrogen) atoms. The fourth-order valence-corrected chi connectivity index (χ4v) is 2.27. The van der Waals surface area contributed by atoms with Gasteiger partial charge in [0.1, 0.15) is 0 Å². The SMILES string of the molecule is CN=C(C)C1=C(C)CCc2ccccc21. The van der Waals surface area contributed by atoms with Crippen LogP contribution in [0.5, 0.6) is 0 Å². The molecule has 2 rings (SSSR count). The Morgan fingerprint density at radius 3 is 2.67 bits per heavy atom. The molecule has 0 spiro atoms. The van der Waals surface area contributed by atoms with Gasteiger partial charge in [-0.1, -0.05) is 29.8 Å². The maximum absolute atomic E-state index is 4.32. The Morgan fingerprint density at radius 1 is 1.20 bits per heavy atom. The molecule has 0 atom stereocenters. The molecule has 0 radical (unpaired) electrons. The van der Waals surface area contributed by atoms with E-state index in [4.69, 9.17) is 0 Å². The van der Waals surface area contributed by atoms with Crippen molar-refractivity contribution in [1.29, 1.82) is 0 Å². The van der Waals surface area contributed by atoms with Crippen LogP contribution in [-0.4, -0.2) is 12.8 Å². The molecule has 0 aliphatic heterocycles. The summed E-state index contributed by atoms with van der Waals surface area (Å²) in [6.07, 6.45) is 2.34. The maximum Gasteiger partial charge on any atom is 0.0391 e. The van der Waals surface area contributed by atoms with Gasteiger partial charge in [-0.15, -0.1) is 0 Å². The molecule has 1 aliphatic carbocycles. The second-order valence-electron chi connectivity index (χ2n) is 4.12. The van der Waals surface area contributed by atoms with Crippen molar-refractivity contribution in [3.05, 3.63) is 41.0 Å². The quantitative estimate of drug-likeness (QED) is 0.614. The molecule has 0 aromatic heterocycles. The Hall–Kier alpha value is -1.37. The predicted molar refractivity (Wildman–Crippen MR) is 66.4 cm³/mol. The zero-order chi connectivity index (χ0) is 10.8. The van der Waals surface area contributed by atoms with E-state index in [0.29, 0.717) is 0 Å². The highest BCUT2D eigenvalue weighted by molar-refractivity contribution is 6.24. The molecule has 1 nitrogen and oxygen atoms in total. The second-order valence-corrected chi connectivity index (χ2v) is 4.12. The number of aryl methyl sites for hydroxylation is 1. The summed E-state index contributed by atoms with van der Waals surface area (Å²) in [6.45, 7) is 4.32. The number of rotatable bonds is 1. The zero-order valence-electron chi connectivity index (χ0n) is 9.67. The van der Waals surface area contributed by atoms with Crippen molar-refractivity contribution in [3.63, 3.8) is 0 Å². The Labute approximate surface area is 91.6 Å². The first-order valence-electron chi connectivity index (χ1n) is 5.46. The third-order valence-electron chi connectivity index (χ3n) is 3.18. The summed E-state index contributed by atoms with van der Waals surface area (Å²) in [4.78, 5) is 4.32. The number of hydrogen-bond donors (Lipinski definition) is 0. The van der Waals surface area contributed by atoms with Crippen LogP contribution in [0.3, 0.4) is 0 Å². The summed E-state index contributed by atoms with van der Waals surface area (Å²) >= 11 is 0. The number of aliphatic imine (C=N–C) groups is 1. The lowest BCUT2D eigenvalue weighted by atomic mass is 9.84. The van der Waals surface area contributed by atoms with Crippen molar-refractivity contribution < 1.29 is 0 Å². The molecule has 0 fully saturated rings. The van der Waals surface area contributed by atoms with Crippen molar-refractivity contribution in [2.75, 3.05) is 7.05 Å². The molecule has 0 N–H and O–H groups in total. The first-order chi connectivity index (χ1) is 7.24. The molecule has 1 aliphatic rings. The Balaban J connectivity index is 2.60. The molecule has 0 amide bonds. The lowest BCUT2D eigenvalue weighted by Crippen LogP contribution is -2.08. The lowest BCUT2D eigenvalue weighted by molar-refractivity contribution is 0.922. The number of allylic oxidation sites excluding steroid dienone is 2. The largest absolute Gasteiger partial charge is 0.293 e. The molecule has 0 unspecified atom stereocenters. The van der Waals surface area contributed by atoms with Crippen LogP contribution in [-0.2, 0) is 6.42 Å². The number of benzene rings is 1. The zero-order valence-corrected chi connectivity index (χ0v) is 9.67. The van der Waals surface area contributed by atoms with Crippen LogP contribution < -0.4 is 0 Å². The molecule has 1 aromatic carbocycles. The summed E-state index contributed by atoms with van der Waals surface area (Å²) in [5, 5.41) is 0. The Kier molecular flexibility index (Phi) is 2.72. The van der Waals surface area contributed by atoms with E-state index >= 15 is 0 Å². The average Bonchev–Trinajstić information content (AvgIpc) is 2.28. The fourth-order valence-electron chi connectivity index (χ4n) is 2.27. The normalized spacial score (nSPS) is 16.6. The van der Waals surface area contributed by atoms with E-state index in [1.807, 2.05) is 7.05 Å². The number of nitrogens with zero attached hydrogens (tertiary/aromatic N) is 1. The van der Waals surface area contributed by atoms with Gasteiger partial charge in [0, 0.05) is 18.3 Å². The number of fused-ring (bicyclic) bond motifs is 1. The van der Waals surface area contributed by atoms with Crippen LogP contribution in [0.25, 0.3) is 5.57 Å². The van der Waals surface area contributed by atoms with Gasteiger partial charge in [0.2, 0.25) is 0 Å². The highest BCUT2D eigenvalue weighted by atomic mass is 14.7. The standard InChI is InChI=1S/C14H17N/c1-10-8-9-12-6-4-5-7-13(12)14(10)11(2)15-3/h4-7H,8-9H2,1-3H3. The van der Waals surface area contributed by atoms with Crippen molar-refractivity contribution in [1.82, 2.24) is 0 Å². The summed E-state index contributed by atoms with van der Waals surface area (Å²) in [7, 11) is 1.87. The molecule has 1 aromatic rings. The Morgan fingerprint density at radius 2 is 1.93 bits per heavy atom. The van der Waals surface area contributed by atoms with Crippen molar-refractivity contribution in [3.8, 4) is 0 Å².